The van der Waals surface area contributed by atoms with Gasteiger partial charge in [-0.2, -0.15) is 0 Å². The molecule has 1 nitrogen and oxygen atoms in total. The highest BCUT2D eigenvalue weighted by Gasteiger charge is 2.33. The van der Waals surface area contributed by atoms with Crippen molar-refractivity contribution in [3.05, 3.63) is 29.6 Å². The van der Waals surface area contributed by atoms with Crippen LogP contribution in [0.5, 0.6) is 0 Å². The van der Waals surface area contributed by atoms with Gasteiger partial charge in [0.1, 0.15) is 0 Å². The number of hydrogen-bond donors (Lipinski definition) is 0. The van der Waals surface area contributed by atoms with Gasteiger partial charge in [0.2, 0.25) is 0 Å². The van der Waals surface area contributed by atoms with Crippen LogP contribution in [0.15, 0.2) is 18.3 Å². The Hall–Kier alpha value is -0.850. The number of unbranched alkanes of at least 4 members (excludes halogenated alkanes) is 3. The Morgan fingerprint density at radius 1 is 0.774 bits per heavy atom. The average Bonchev–Trinajstić information content (AvgIpc) is 2.82. The van der Waals surface area contributed by atoms with Crippen LogP contribution < -0.4 is 0 Å². The second kappa shape index (κ2) is 13.0. The van der Waals surface area contributed by atoms with Crippen molar-refractivity contribution in [2.45, 2.75) is 130 Å². The van der Waals surface area contributed by atoms with Crippen molar-refractivity contribution in [2.75, 3.05) is 0 Å². The normalized spacial score (nSPS) is 28.9. The van der Waals surface area contributed by atoms with Crippen molar-refractivity contribution < 1.29 is 0 Å². The summed E-state index contributed by atoms with van der Waals surface area (Å²) >= 11 is 0. The van der Waals surface area contributed by atoms with E-state index in [9.17, 15) is 0 Å². The van der Waals surface area contributed by atoms with Crippen molar-refractivity contribution in [1.82, 2.24) is 4.98 Å². The second-order valence-electron chi connectivity index (χ2n) is 11.3. The van der Waals surface area contributed by atoms with Gasteiger partial charge in [0, 0.05) is 17.8 Å². The lowest BCUT2D eigenvalue weighted by Gasteiger charge is -2.40. The summed E-state index contributed by atoms with van der Waals surface area (Å²) < 4.78 is 0. The molecule has 2 aliphatic rings. The summed E-state index contributed by atoms with van der Waals surface area (Å²) in [4.78, 5) is 4.90. The van der Waals surface area contributed by atoms with E-state index in [1.54, 1.807) is 0 Å². The maximum Gasteiger partial charge on any atom is 0.0434 e. The smallest absolute Gasteiger partial charge is 0.0434 e. The van der Waals surface area contributed by atoms with Gasteiger partial charge in [-0.1, -0.05) is 78.7 Å². The van der Waals surface area contributed by atoms with E-state index in [0.29, 0.717) is 5.92 Å². The molecule has 0 amide bonds. The molecule has 0 N–H and O–H groups in total. The second-order valence-corrected chi connectivity index (χ2v) is 11.3. The third-order valence-corrected chi connectivity index (χ3v) is 9.23. The number of aryl methyl sites for hydroxylation is 1. The van der Waals surface area contributed by atoms with E-state index in [2.05, 4.69) is 46.0 Å². The van der Waals surface area contributed by atoms with Crippen LogP contribution >= 0.6 is 0 Å². The first-order chi connectivity index (χ1) is 15.1. The largest absolute Gasteiger partial charge is 0.261 e. The Morgan fingerprint density at radius 2 is 1.42 bits per heavy atom. The molecule has 2 aliphatic carbocycles. The first-order valence-electron chi connectivity index (χ1n) is 14.1. The summed E-state index contributed by atoms with van der Waals surface area (Å²) in [6.45, 7) is 9.67. The van der Waals surface area contributed by atoms with Crippen molar-refractivity contribution in [2.24, 2.45) is 29.6 Å². The molecular weight excluding hydrogens is 374 g/mol. The predicted molar refractivity (Wildman–Crippen MR) is 135 cm³/mol. The molecule has 2 atom stereocenters. The molecule has 1 heteroatoms. The molecule has 176 valence electrons. The fourth-order valence-electron chi connectivity index (χ4n) is 6.82. The van der Waals surface area contributed by atoms with Crippen LogP contribution in [0.3, 0.4) is 0 Å². The van der Waals surface area contributed by atoms with Crippen LogP contribution in [-0.4, -0.2) is 4.98 Å². The van der Waals surface area contributed by atoms with Crippen LogP contribution in [0.4, 0.5) is 0 Å². The van der Waals surface area contributed by atoms with E-state index < -0.39 is 0 Å². The average molecular weight is 426 g/mol. The third-order valence-electron chi connectivity index (χ3n) is 9.23. The van der Waals surface area contributed by atoms with Crippen LogP contribution in [-0.2, 0) is 6.42 Å². The lowest BCUT2D eigenvalue weighted by atomic mass is 9.66. The predicted octanol–water partition coefficient (Wildman–Crippen LogP) is 9.36. The van der Waals surface area contributed by atoms with E-state index in [0.717, 1.165) is 29.6 Å². The molecule has 0 bridgehead atoms. The summed E-state index contributed by atoms with van der Waals surface area (Å²) in [7, 11) is 0. The van der Waals surface area contributed by atoms with Gasteiger partial charge < -0.3 is 0 Å². The van der Waals surface area contributed by atoms with Crippen LogP contribution in [0.2, 0.25) is 0 Å². The molecule has 2 unspecified atom stereocenters. The zero-order chi connectivity index (χ0) is 22.1. The zero-order valence-corrected chi connectivity index (χ0v) is 21.2. The van der Waals surface area contributed by atoms with Gasteiger partial charge in [0.05, 0.1) is 0 Å². The van der Waals surface area contributed by atoms with Crippen molar-refractivity contribution >= 4 is 0 Å². The molecule has 0 aromatic carbocycles. The maximum atomic E-state index is 4.90. The topological polar surface area (TPSA) is 12.9 Å². The molecule has 1 heterocycles. The molecule has 1 aromatic rings. The lowest BCUT2D eigenvalue weighted by Crippen LogP contribution is -2.29. The standard InChI is InChI=1S/C30H51N/c1-5-7-8-9-11-26-14-21-30(31-22-26)24(4)29-19-17-28(18-20-29)23(3)27-15-12-25(10-6-2)13-16-27/h14,21-25,27-29H,5-13,15-20H2,1-4H3. The summed E-state index contributed by atoms with van der Waals surface area (Å²) in [6, 6.07) is 4.69. The zero-order valence-electron chi connectivity index (χ0n) is 21.2. The Morgan fingerprint density at radius 3 is 2.00 bits per heavy atom. The van der Waals surface area contributed by atoms with Crippen molar-refractivity contribution in [3.8, 4) is 0 Å². The molecule has 0 aliphatic heterocycles. The first-order valence-corrected chi connectivity index (χ1v) is 14.1. The minimum atomic E-state index is 0.620. The number of nitrogens with zero attached hydrogens (tertiary/aromatic N) is 1. The molecule has 1 aromatic heterocycles. The van der Waals surface area contributed by atoms with Gasteiger partial charge >= 0.3 is 0 Å². The molecule has 2 fully saturated rings. The van der Waals surface area contributed by atoms with Crippen LogP contribution in [0.1, 0.15) is 135 Å². The third kappa shape index (κ3) is 7.33. The maximum absolute atomic E-state index is 4.90. The summed E-state index contributed by atoms with van der Waals surface area (Å²) in [5, 5.41) is 0. The van der Waals surface area contributed by atoms with Gasteiger partial charge in [-0.3, -0.25) is 4.98 Å². The highest BCUT2D eigenvalue weighted by atomic mass is 14.7. The van der Waals surface area contributed by atoms with E-state index in [1.165, 1.54) is 108 Å². The highest BCUT2D eigenvalue weighted by molar-refractivity contribution is 5.17. The first kappa shape index (κ1) is 24.8. The monoisotopic (exact) mass is 425 g/mol. The van der Waals surface area contributed by atoms with Crippen LogP contribution in [0, 0.1) is 29.6 Å². The van der Waals surface area contributed by atoms with Crippen LogP contribution in [0.25, 0.3) is 0 Å². The number of hydrogen-bond acceptors (Lipinski definition) is 1. The number of pyridine rings is 1. The fourth-order valence-corrected chi connectivity index (χ4v) is 6.82. The summed E-state index contributed by atoms with van der Waals surface area (Å²) in [5.41, 5.74) is 2.77. The SMILES string of the molecule is CCCCCCc1ccc(C(C)C2CCC(C(C)C3CCC(CCC)CC3)CC2)nc1. The molecule has 31 heavy (non-hydrogen) atoms. The number of rotatable bonds is 11. The van der Waals surface area contributed by atoms with Gasteiger partial charge in [0.25, 0.3) is 0 Å². The minimum absolute atomic E-state index is 0.620. The lowest BCUT2D eigenvalue weighted by molar-refractivity contribution is 0.118. The molecule has 0 saturated heterocycles. The van der Waals surface area contributed by atoms with Crippen molar-refractivity contribution in [1.29, 1.82) is 0 Å². The quantitative estimate of drug-likeness (QED) is 0.322. The van der Waals surface area contributed by atoms with E-state index >= 15 is 0 Å². The van der Waals surface area contributed by atoms with E-state index in [-0.39, 0.29) is 0 Å². The molecule has 0 radical (unpaired) electrons. The summed E-state index contributed by atoms with van der Waals surface area (Å²) in [5.74, 6) is 5.44. The van der Waals surface area contributed by atoms with Gasteiger partial charge in [-0.05, 0) is 92.6 Å². The number of aromatic nitrogens is 1. The Kier molecular flexibility index (Phi) is 10.4. The molecule has 3 rings (SSSR count). The van der Waals surface area contributed by atoms with E-state index in [1.807, 2.05) is 0 Å². The summed E-state index contributed by atoms with van der Waals surface area (Å²) in [6.07, 6.45) is 23.4. The highest BCUT2D eigenvalue weighted by Crippen LogP contribution is 2.45. The van der Waals surface area contributed by atoms with Crippen molar-refractivity contribution in [3.63, 3.8) is 0 Å². The minimum Gasteiger partial charge on any atom is -0.261 e. The molecular formula is C30H51N. The molecule has 2 saturated carbocycles. The Bertz CT molecular complexity index is 589. The Balaban J connectivity index is 1.41. The fraction of sp³-hybridized carbons (Fsp3) is 0.833. The van der Waals surface area contributed by atoms with E-state index in [4.69, 9.17) is 4.98 Å². The van der Waals surface area contributed by atoms with Gasteiger partial charge in [0.15, 0.2) is 0 Å². The molecule has 0 spiro atoms. The van der Waals surface area contributed by atoms with Gasteiger partial charge in [-0.15, -0.1) is 0 Å². The Labute approximate surface area is 194 Å². The van der Waals surface area contributed by atoms with Gasteiger partial charge in [-0.25, -0.2) is 0 Å².